The van der Waals surface area contributed by atoms with Crippen LogP contribution in [-0.4, -0.2) is 0 Å². The maximum atomic E-state index is 2.36. The highest BCUT2D eigenvalue weighted by Gasteiger charge is 2.23. The van der Waals surface area contributed by atoms with Crippen LogP contribution < -0.4 is 0 Å². The Morgan fingerprint density at radius 1 is 1.42 bits per heavy atom. The van der Waals surface area contributed by atoms with Gasteiger partial charge in [0.25, 0.3) is 0 Å². The Kier molecular flexibility index (Phi) is 1.92. The highest BCUT2D eigenvalue weighted by atomic mass is 14.3. The molecule has 2 rings (SSSR count). The molecule has 0 fully saturated rings. The SMILES string of the molecule is CC(C)C1C=CC2=C[CH]CC=C21. The van der Waals surface area contributed by atoms with Crippen LogP contribution in [0.15, 0.2) is 35.5 Å². The van der Waals surface area contributed by atoms with Crippen LogP contribution in [0.25, 0.3) is 0 Å². The van der Waals surface area contributed by atoms with Crippen molar-refractivity contribution in [1.82, 2.24) is 0 Å². The first-order chi connectivity index (χ1) is 5.79. The lowest BCUT2D eigenvalue weighted by atomic mass is 9.86. The van der Waals surface area contributed by atoms with Crippen molar-refractivity contribution in [1.29, 1.82) is 0 Å². The zero-order valence-corrected chi connectivity index (χ0v) is 7.75. The van der Waals surface area contributed by atoms with Crippen LogP contribution in [0.2, 0.25) is 0 Å². The third-order valence-corrected chi connectivity index (χ3v) is 2.67. The van der Waals surface area contributed by atoms with Gasteiger partial charge in [-0.05, 0) is 29.9 Å². The van der Waals surface area contributed by atoms with Crippen LogP contribution in [0, 0.1) is 18.3 Å². The number of rotatable bonds is 1. The van der Waals surface area contributed by atoms with E-state index >= 15 is 0 Å². The molecule has 12 heavy (non-hydrogen) atoms. The lowest BCUT2D eigenvalue weighted by molar-refractivity contribution is 0.538. The van der Waals surface area contributed by atoms with E-state index in [1.165, 1.54) is 5.57 Å². The molecule has 0 N–H and O–H groups in total. The Labute approximate surface area is 74.7 Å². The molecule has 0 heteroatoms. The summed E-state index contributed by atoms with van der Waals surface area (Å²) in [6, 6.07) is 0. The molecule has 2 aliphatic carbocycles. The van der Waals surface area contributed by atoms with Gasteiger partial charge in [-0.15, -0.1) is 0 Å². The Hall–Kier alpha value is -0.780. The van der Waals surface area contributed by atoms with Crippen LogP contribution in [0.1, 0.15) is 20.3 Å². The number of fused-ring (bicyclic) bond motifs is 1. The van der Waals surface area contributed by atoms with E-state index in [2.05, 4.69) is 44.6 Å². The molecule has 0 aromatic carbocycles. The first-order valence-corrected chi connectivity index (χ1v) is 4.71. The van der Waals surface area contributed by atoms with Gasteiger partial charge in [0.15, 0.2) is 0 Å². The van der Waals surface area contributed by atoms with Crippen molar-refractivity contribution in [2.45, 2.75) is 20.3 Å². The van der Waals surface area contributed by atoms with Crippen molar-refractivity contribution >= 4 is 0 Å². The lowest BCUT2D eigenvalue weighted by Crippen LogP contribution is -2.07. The zero-order valence-electron chi connectivity index (χ0n) is 7.75. The second-order valence-electron chi connectivity index (χ2n) is 3.88. The Morgan fingerprint density at radius 3 is 3.00 bits per heavy atom. The molecule has 0 aliphatic heterocycles. The van der Waals surface area contributed by atoms with E-state index in [4.69, 9.17) is 0 Å². The number of hydrogen-bond acceptors (Lipinski definition) is 0. The third kappa shape index (κ3) is 1.16. The van der Waals surface area contributed by atoms with Crippen molar-refractivity contribution in [2.75, 3.05) is 0 Å². The Bertz CT molecular complexity index is 264. The molecule has 0 spiro atoms. The van der Waals surface area contributed by atoms with Gasteiger partial charge in [0.05, 0.1) is 0 Å². The molecule has 0 aromatic rings. The van der Waals surface area contributed by atoms with Crippen LogP contribution in [0.4, 0.5) is 0 Å². The molecule has 0 heterocycles. The van der Waals surface area contributed by atoms with Gasteiger partial charge in [-0.25, -0.2) is 0 Å². The van der Waals surface area contributed by atoms with Gasteiger partial charge in [-0.1, -0.05) is 38.2 Å². The minimum absolute atomic E-state index is 0.671. The van der Waals surface area contributed by atoms with Gasteiger partial charge in [-0.3, -0.25) is 0 Å². The summed E-state index contributed by atoms with van der Waals surface area (Å²) in [4.78, 5) is 0. The van der Waals surface area contributed by atoms with E-state index < -0.39 is 0 Å². The Balaban J connectivity index is 2.28. The van der Waals surface area contributed by atoms with Gasteiger partial charge in [0.1, 0.15) is 0 Å². The van der Waals surface area contributed by atoms with Crippen molar-refractivity contribution in [3.63, 3.8) is 0 Å². The molecule has 1 unspecified atom stereocenters. The molecule has 0 aromatic heterocycles. The van der Waals surface area contributed by atoms with Crippen LogP contribution >= 0.6 is 0 Å². The van der Waals surface area contributed by atoms with Crippen LogP contribution in [0.5, 0.6) is 0 Å². The smallest absolute Gasteiger partial charge is 0.00469 e. The van der Waals surface area contributed by atoms with Gasteiger partial charge in [-0.2, -0.15) is 0 Å². The quantitative estimate of drug-likeness (QED) is 0.550. The first-order valence-electron chi connectivity index (χ1n) is 4.71. The molecule has 63 valence electrons. The fourth-order valence-electron chi connectivity index (χ4n) is 1.98. The molecule has 0 nitrogen and oxygen atoms in total. The minimum atomic E-state index is 0.671. The summed E-state index contributed by atoms with van der Waals surface area (Å²) in [5.41, 5.74) is 2.98. The second-order valence-corrected chi connectivity index (χ2v) is 3.88. The third-order valence-electron chi connectivity index (χ3n) is 2.67. The molecular formula is C12H15. The van der Waals surface area contributed by atoms with Crippen LogP contribution in [0.3, 0.4) is 0 Å². The van der Waals surface area contributed by atoms with Gasteiger partial charge in [0, 0.05) is 5.92 Å². The fourth-order valence-corrected chi connectivity index (χ4v) is 1.98. The highest BCUT2D eigenvalue weighted by molar-refractivity contribution is 5.52. The lowest BCUT2D eigenvalue weighted by Gasteiger charge is -2.18. The predicted molar refractivity (Wildman–Crippen MR) is 52.6 cm³/mol. The van der Waals surface area contributed by atoms with E-state index in [9.17, 15) is 0 Å². The molecule has 1 radical (unpaired) electrons. The largest absolute Gasteiger partial charge is 0.0795 e. The summed E-state index contributed by atoms with van der Waals surface area (Å²) in [6.45, 7) is 4.58. The van der Waals surface area contributed by atoms with Gasteiger partial charge < -0.3 is 0 Å². The van der Waals surface area contributed by atoms with Gasteiger partial charge in [0.2, 0.25) is 0 Å². The maximum absolute atomic E-state index is 2.36. The summed E-state index contributed by atoms with van der Waals surface area (Å²) >= 11 is 0. The summed E-state index contributed by atoms with van der Waals surface area (Å²) in [5.74, 6) is 1.40. The van der Waals surface area contributed by atoms with Gasteiger partial charge >= 0.3 is 0 Å². The molecule has 0 saturated carbocycles. The normalized spacial score (nSPS) is 27.1. The molecule has 0 saturated heterocycles. The van der Waals surface area contributed by atoms with E-state index in [1.54, 1.807) is 5.57 Å². The summed E-state index contributed by atoms with van der Waals surface area (Å²) < 4.78 is 0. The van der Waals surface area contributed by atoms with Crippen molar-refractivity contribution in [3.05, 3.63) is 41.9 Å². The summed E-state index contributed by atoms with van der Waals surface area (Å²) in [7, 11) is 0. The van der Waals surface area contributed by atoms with Crippen molar-refractivity contribution in [2.24, 2.45) is 11.8 Å². The minimum Gasteiger partial charge on any atom is -0.0795 e. The summed E-state index contributed by atoms with van der Waals surface area (Å²) in [5, 5.41) is 0. The van der Waals surface area contributed by atoms with Crippen LogP contribution in [-0.2, 0) is 0 Å². The summed E-state index contributed by atoms with van der Waals surface area (Å²) in [6.07, 6.45) is 12.5. The second kappa shape index (κ2) is 2.93. The molecule has 1 atom stereocenters. The predicted octanol–water partition coefficient (Wildman–Crippen LogP) is 3.29. The van der Waals surface area contributed by atoms with E-state index in [0.29, 0.717) is 5.92 Å². The van der Waals surface area contributed by atoms with E-state index in [-0.39, 0.29) is 0 Å². The Morgan fingerprint density at radius 2 is 2.25 bits per heavy atom. The average molecular weight is 159 g/mol. The topological polar surface area (TPSA) is 0 Å². The average Bonchev–Trinajstić information content (AvgIpc) is 2.47. The number of allylic oxidation sites excluding steroid dienone is 6. The standard InChI is InChI=1S/C12H15/c1-9(2)11-8-7-10-5-3-4-6-12(10)11/h3,5-9,11H,4H2,1-2H3. The van der Waals surface area contributed by atoms with Crippen molar-refractivity contribution in [3.8, 4) is 0 Å². The highest BCUT2D eigenvalue weighted by Crippen LogP contribution is 2.36. The molecule has 0 amide bonds. The van der Waals surface area contributed by atoms with E-state index in [0.717, 1.165) is 12.3 Å². The molecular weight excluding hydrogens is 144 g/mol. The first kappa shape index (κ1) is 7.85. The maximum Gasteiger partial charge on any atom is 0.00469 e. The molecule has 2 aliphatic rings. The number of hydrogen-bond donors (Lipinski definition) is 0. The fraction of sp³-hybridized carbons (Fsp3) is 0.417. The van der Waals surface area contributed by atoms with E-state index in [1.807, 2.05) is 0 Å². The zero-order chi connectivity index (χ0) is 8.55. The van der Waals surface area contributed by atoms with Crippen molar-refractivity contribution < 1.29 is 0 Å². The molecule has 0 bridgehead atoms. The monoisotopic (exact) mass is 159 g/mol.